The molecule has 1 saturated heterocycles. The van der Waals surface area contributed by atoms with Crippen molar-refractivity contribution < 1.29 is 30.5 Å². The van der Waals surface area contributed by atoms with Crippen molar-refractivity contribution in [3.63, 3.8) is 0 Å². The van der Waals surface area contributed by atoms with Crippen LogP contribution in [0.5, 0.6) is 0 Å². The maximum atomic E-state index is 13.3. The van der Waals surface area contributed by atoms with Gasteiger partial charge in [-0.3, -0.25) is 0 Å². The van der Waals surface area contributed by atoms with Crippen molar-refractivity contribution in [2.45, 2.75) is 29.8 Å². The molecule has 1 aliphatic rings. The fraction of sp³-hybridized carbons (Fsp3) is 0.300. The van der Waals surface area contributed by atoms with E-state index in [1.165, 1.54) is 30.3 Å². The highest BCUT2D eigenvalue weighted by Crippen LogP contribution is 2.37. The minimum atomic E-state index is -4.80. The molecule has 1 unspecified atom stereocenters. The largest absolute Gasteiger partial charge is 0.417 e. The van der Waals surface area contributed by atoms with Crippen molar-refractivity contribution in [3.8, 4) is 11.4 Å². The van der Waals surface area contributed by atoms with Crippen LogP contribution in [0.25, 0.3) is 11.4 Å². The Morgan fingerprint density at radius 1 is 1.06 bits per heavy atom. The number of benzene rings is 2. The van der Waals surface area contributed by atoms with Gasteiger partial charge in [0.1, 0.15) is 5.82 Å². The molecule has 0 aliphatic carbocycles. The van der Waals surface area contributed by atoms with E-state index in [2.05, 4.69) is 10.1 Å². The molecule has 31 heavy (non-hydrogen) atoms. The summed E-state index contributed by atoms with van der Waals surface area (Å²) in [6, 6.07) is 9.58. The lowest BCUT2D eigenvalue weighted by molar-refractivity contribution is -0.139. The Morgan fingerprint density at radius 2 is 1.77 bits per heavy atom. The Hall–Kier alpha value is -2.79. The maximum absolute atomic E-state index is 13.3. The third-order valence-electron chi connectivity index (χ3n) is 5.09. The molecule has 2 aromatic carbocycles. The van der Waals surface area contributed by atoms with E-state index in [0.717, 1.165) is 22.5 Å². The summed E-state index contributed by atoms with van der Waals surface area (Å²) in [5, 5.41) is 3.86. The number of sulfonamides is 1. The van der Waals surface area contributed by atoms with Crippen molar-refractivity contribution in [3.05, 3.63) is 65.8 Å². The molecular weight excluding hydrogens is 438 g/mol. The third-order valence-corrected chi connectivity index (χ3v) is 7.01. The minimum absolute atomic E-state index is 0.0838. The molecule has 0 amide bonds. The normalized spacial score (nSPS) is 18.3. The average Bonchev–Trinajstić information content (AvgIpc) is 3.24. The first-order valence-corrected chi connectivity index (χ1v) is 10.9. The second kappa shape index (κ2) is 8.04. The summed E-state index contributed by atoms with van der Waals surface area (Å²) in [7, 11) is -4.39. The smallest absolute Gasteiger partial charge is 0.339 e. The number of piperidine rings is 1. The van der Waals surface area contributed by atoms with E-state index in [0.29, 0.717) is 18.4 Å². The van der Waals surface area contributed by atoms with Gasteiger partial charge in [-0.2, -0.15) is 22.5 Å². The molecule has 1 atom stereocenters. The molecule has 0 saturated carbocycles. The fourth-order valence-electron chi connectivity index (χ4n) is 3.54. The van der Waals surface area contributed by atoms with Crippen LogP contribution >= 0.6 is 0 Å². The topological polar surface area (TPSA) is 76.3 Å². The van der Waals surface area contributed by atoms with Crippen molar-refractivity contribution in [2.24, 2.45) is 0 Å². The van der Waals surface area contributed by atoms with E-state index in [4.69, 9.17) is 4.52 Å². The summed E-state index contributed by atoms with van der Waals surface area (Å²) < 4.78 is 85.4. The number of alkyl halides is 3. The SMILES string of the molecule is O=S(=O)(c1ccccc1C(F)(F)F)N1CCCC(c2nc(-c3ccc(F)cc3)no2)C1. The van der Waals surface area contributed by atoms with Crippen LogP contribution in [0.2, 0.25) is 0 Å². The van der Waals surface area contributed by atoms with Gasteiger partial charge in [0.25, 0.3) is 0 Å². The number of hydrogen-bond donors (Lipinski definition) is 0. The minimum Gasteiger partial charge on any atom is -0.339 e. The van der Waals surface area contributed by atoms with Crippen LogP contribution in [0, 0.1) is 5.82 Å². The van der Waals surface area contributed by atoms with Crippen LogP contribution < -0.4 is 0 Å². The monoisotopic (exact) mass is 455 g/mol. The molecule has 6 nitrogen and oxygen atoms in total. The first-order valence-electron chi connectivity index (χ1n) is 9.42. The predicted octanol–water partition coefficient (Wildman–Crippen LogP) is 4.46. The molecular formula is C20H17F4N3O3S. The van der Waals surface area contributed by atoms with Gasteiger partial charge in [0, 0.05) is 18.7 Å². The van der Waals surface area contributed by atoms with Crippen LogP contribution in [0.3, 0.4) is 0 Å². The number of hydrogen-bond acceptors (Lipinski definition) is 5. The molecule has 2 heterocycles. The second-order valence-corrected chi connectivity index (χ2v) is 9.07. The molecule has 1 aliphatic heterocycles. The molecule has 0 N–H and O–H groups in total. The van der Waals surface area contributed by atoms with Gasteiger partial charge < -0.3 is 4.52 Å². The molecule has 11 heteroatoms. The van der Waals surface area contributed by atoms with Gasteiger partial charge in [-0.15, -0.1) is 0 Å². The first kappa shape index (κ1) is 21.4. The zero-order valence-corrected chi connectivity index (χ0v) is 16.8. The lowest BCUT2D eigenvalue weighted by atomic mass is 10.00. The van der Waals surface area contributed by atoms with Crippen LogP contribution in [-0.2, 0) is 16.2 Å². The molecule has 0 spiro atoms. The molecule has 1 fully saturated rings. The quantitative estimate of drug-likeness (QED) is 0.543. The summed E-state index contributed by atoms with van der Waals surface area (Å²) in [6.45, 7) is 0.00353. The second-order valence-electron chi connectivity index (χ2n) is 7.16. The predicted molar refractivity (Wildman–Crippen MR) is 102 cm³/mol. The van der Waals surface area contributed by atoms with E-state index < -0.39 is 38.4 Å². The Balaban J connectivity index is 1.59. The highest BCUT2D eigenvalue weighted by atomic mass is 32.2. The Kier molecular flexibility index (Phi) is 5.56. The molecule has 3 aromatic rings. The molecule has 164 valence electrons. The van der Waals surface area contributed by atoms with E-state index in [9.17, 15) is 26.0 Å². The van der Waals surface area contributed by atoms with Gasteiger partial charge >= 0.3 is 6.18 Å². The molecule has 4 rings (SSSR count). The zero-order valence-electron chi connectivity index (χ0n) is 16.0. The van der Waals surface area contributed by atoms with Crippen molar-refractivity contribution >= 4 is 10.0 Å². The number of aromatic nitrogens is 2. The van der Waals surface area contributed by atoms with Gasteiger partial charge in [-0.1, -0.05) is 17.3 Å². The van der Waals surface area contributed by atoms with Gasteiger partial charge in [0.15, 0.2) is 0 Å². The Labute approximate surface area is 175 Å². The van der Waals surface area contributed by atoms with Crippen LogP contribution in [0.1, 0.15) is 30.2 Å². The van der Waals surface area contributed by atoms with Gasteiger partial charge in [-0.05, 0) is 49.2 Å². The zero-order chi connectivity index (χ0) is 22.2. The number of halogens is 4. The van der Waals surface area contributed by atoms with Crippen molar-refractivity contribution in [1.29, 1.82) is 0 Å². The van der Waals surface area contributed by atoms with Gasteiger partial charge in [0.05, 0.1) is 16.4 Å². The van der Waals surface area contributed by atoms with E-state index in [1.54, 1.807) is 0 Å². The van der Waals surface area contributed by atoms with E-state index in [1.807, 2.05) is 0 Å². The van der Waals surface area contributed by atoms with Gasteiger partial charge in [0.2, 0.25) is 21.7 Å². The summed E-state index contributed by atoms with van der Waals surface area (Å²) in [5.74, 6) is -0.483. The summed E-state index contributed by atoms with van der Waals surface area (Å²) in [5.41, 5.74) is -0.677. The highest BCUT2D eigenvalue weighted by molar-refractivity contribution is 7.89. The lowest BCUT2D eigenvalue weighted by Gasteiger charge is -2.30. The van der Waals surface area contributed by atoms with E-state index in [-0.39, 0.29) is 24.8 Å². The number of nitrogens with zero attached hydrogens (tertiary/aromatic N) is 3. The van der Waals surface area contributed by atoms with Crippen molar-refractivity contribution in [1.82, 2.24) is 14.4 Å². The van der Waals surface area contributed by atoms with Crippen LogP contribution in [0.15, 0.2) is 57.9 Å². The highest BCUT2D eigenvalue weighted by Gasteiger charge is 2.40. The van der Waals surface area contributed by atoms with Crippen LogP contribution in [-0.4, -0.2) is 36.0 Å². The standard InChI is InChI=1S/C20H17F4N3O3S/c21-15-9-7-13(8-10-15)18-25-19(30-26-18)14-4-3-11-27(12-14)31(28,29)17-6-2-1-5-16(17)20(22,23)24/h1-2,5-10,14H,3-4,11-12H2. The third kappa shape index (κ3) is 4.33. The summed E-state index contributed by atoms with van der Waals surface area (Å²) in [4.78, 5) is 3.50. The number of rotatable bonds is 4. The fourth-order valence-corrected chi connectivity index (χ4v) is 5.28. The van der Waals surface area contributed by atoms with Gasteiger partial charge in [-0.25, -0.2) is 12.8 Å². The first-order chi connectivity index (χ1) is 14.7. The molecule has 0 bridgehead atoms. The average molecular weight is 455 g/mol. The summed E-state index contributed by atoms with van der Waals surface area (Å²) >= 11 is 0. The van der Waals surface area contributed by atoms with Crippen LogP contribution in [0.4, 0.5) is 17.6 Å². The Morgan fingerprint density at radius 3 is 2.48 bits per heavy atom. The van der Waals surface area contributed by atoms with E-state index >= 15 is 0 Å². The van der Waals surface area contributed by atoms with Crippen molar-refractivity contribution in [2.75, 3.05) is 13.1 Å². The lowest BCUT2D eigenvalue weighted by Crippen LogP contribution is -2.39. The summed E-state index contributed by atoms with van der Waals surface area (Å²) in [6.07, 6.45) is -3.83. The maximum Gasteiger partial charge on any atom is 0.417 e. The Bertz CT molecular complexity index is 1180. The molecule has 1 aromatic heterocycles. The molecule has 0 radical (unpaired) electrons.